The van der Waals surface area contributed by atoms with Crippen LogP contribution in [0.25, 0.3) is 0 Å². The van der Waals surface area contributed by atoms with Gasteiger partial charge in [0.2, 0.25) is 0 Å². The van der Waals surface area contributed by atoms with Gasteiger partial charge >= 0.3 is 16.5 Å². The molecule has 0 aromatic heterocycles. The topological polar surface area (TPSA) is 72.8 Å². The lowest BCUT2D eigenvalue weighted by Crippen LogP contribution is -2.07. The summed E-state index contributed by atoms with van der Waals surface area (Å²) in [6.45, 7) is 3.15. The zero-order valence-electron chi connectivity index (χ0n) is 5.57. The van der Waals surface area contributed by atoms with Gasteiger partial charge in [0.05, 0.1) is 10.4 Å². The molecular weight excluding hydrogens is 158 g/mol. The van der Waals surface area contributed by atoms with Gasteiger partial charge in [-0.1, -0.05) is 13.8 Å². The maximum Gasteiger partial charge on any atom is 0.349 e. The van der Waals surface area contributed by atoms with E-state index in [1.54, 1.807) is 13.8 Å². The summed E-state index contributed by atoms with van der Waals surface area (Å²) in [5, 5.41) is 0. The Morgan fingerprint density at radius 1 is 1.50 bits per heavy atom. The smallest absolute Gasteiger partial charge is 0.303 e. The molecule has 0 aromatic carbocycles. The highest BCUT2D eigenvalue weighted by molar-refractivity contribution is 7.61. The number of rotatable bonds is 2. The van der Waals surface area contributed by atoms with Gasteiger partial charge in [0.15, 0.2) is 0 Å². The summed E-state index contributed by atoms with van der Waals surface area (Å²) in [4.78, 5) is 14.4. The summed E-state index contributed by atoms with van der Waals surface area (Å²) in [6, 6.07) is 0. The molecule has 0 spiro atoms. The van der Waals surface area contributed by atoms with E-state index in [1.165, 1.54) is 0 Å². The molecule has 0 N–H and O–H groups in total. The predicted octanol–water partition coefficient (Wildman–Crippen LogP) is 0.163. The molecule has 0 atom stereocenters. The molecule has 0 aliphatic carbocycles. The molecule has 0 bridgehead atoms. The van der Waals surface area contributed by atoms with E-state index >= 15 is 0 Å². The molecule has 0 saturated carbocycles. The van der Waals surface area contributed by atoms with Gasteiger partial charge in [0, 0.05) is 0 Å². The molecule has 58 valence electrons. The molecule has 0 aliphatic heterocycles. The minimum absolute atomic E-state index is 0.368. The van der Waals surface area contributed by atoms with E-state index in [0.717, 1.165) is 0 Å². The van der Waals surface area contributed by atoms with Crippen LogP contribution in [-0.4, -0.2) is 14.4 Å². The quantitative estimate of drug-likeness (QED) is 0.546. The number of carbonyl (C=O) groups is 1. The number of carbonyl (C=O) groups excluding carboxylic acids is 1. The zero-order valence-corrected chi connectivity index (χ0v) is 6.38. The second kappa shape index (κ2) is 3.99. The molecular formula is C4H7NO4S. The SMILES string of the molecule is CC(C)C(=O)ON=S(=O)=O. The normalized spacial score (nSPS) is 9.10. The largest absolute Gasteiger partial charge is 0.349 e. The summed E-state index contributed by atoms with van der Waals surface area (Å²) >= 11 is 0. The Balaban J connectivity index is 3.95. The van der Waals surface area contributed by atoms with Crippen molar-refractivity contribution in [2.45, 2.75) is 13.8 Å². The maximum atomic E-state index is 10.5. The Hall–Kier alpha value is -0.910. The molecule has 0 aliphatic rings. The predicted molar refractivity (Wildman–Crippen MR) is 32.3 cm³/mol. The molecule has 10 heavy (non-hydrogen) atoms. The highest BCUT2D eigenvalue weighted by Gasteiger charge is 2.07. The van der Waals surface area contributed by atoms with Crippen molar-refractivity contribution in [1.29, 1.82) is 0 Å². The van der Waals surface area contributed by atoms with Gasteiger partial charge in [-0.3, -0.25) is 0 Å². The fourth-order valence-corrected chi connectivity index (χ4v) is 0.307. The molecule has 0 radical (unpaired) electrons. The summed E-state index contributed by atoms with van der Waals surface area (Å²) in [7, 11) is -2.67. The molecule has 0 heterocycles. The fraction of sp³-hybridized carbons (Fsp3) is 0.750. The van der Waals surface area contributed by atoms with Gasteiger partial charge in [0.25, 0.3) is 0 Å². The Bertz CT molecular complexity index is 232. The first kappa shape index (κ1) is 9.09. The van der Waals surface area contributed by atoms with E-state index in [2.05, 4.69) is 9.36 Å². The van der Waals surface area contributed by atoms with Gasteiger partial charge < -0.3 is 4.84 Å². The molecule has 0 saturated heterocycles. The second-order valence-electron chi connectivity index (χ2n) is 1.86. The van der Waals surface area contributed by atoms with E-state index in [0.29, 0.717) is 0 Å². The summed E-state index contributed by atoms with van der Waals surface area (Å²) in [5.74, 6) is -1.03. The maximum absolute atomic E-state index is 10.5. The lowest BCUT2D eigenvalue weighted by Gasteiger charge is -1.95. The van der Waals surface area contributed by atoms with Gasteiger partial charge in [0.1, 0.15) is 0 Å². The van der Waals surface area contributed by atoms with Crippen molar-refractivity contribution in [1.82, 2.24) is 0 Å². The monoisotopic (exact) mass is 165 g/mol. The first-order valence-corrected chi connectivity index (χ1v) is 3.58. The lowest BCUT2D eigenvalue weighted by molar-refractivity contribution is -0.147. The van der Waals surface area contributed by atoms with Gasteiger partial charge in [-0.2, -0.15) is 8.42 Å². The molecule has 0 aromatic rings. The second-order valence-corrected chi connectivity index (χ2v) is 2.44. The van der Waals surface area contributed by atoms with Crippen LogP contribution in [-0.2, 0) is 20.1 Å². The fourth-order valence-electron chi connectivity index (χ4n) is 0.173. The first-order valence-electron chi connectivity index (χ1n) is 2.55. The molecule has 0 unspecified atom stereocenters. The van der Waals surface area contributed by atoms with E-state index in [4.69, 9.17) is 0 Å². The highest BCUT2D eigenvalue weighted by atomic mass is 32.2. The van der Waals surface area contributed by atoms with Crippen LogP contribution in [0, 0.1) is 5.92 Å². The number of hydrogen-bond donors (Lipinski definition) is 0. The van der Waals surface area contributed by atoms with Gasteiger partial charge in [-0.05, 0) is 0 Å². The van der Waals surface area contributed by atoms with Crippen LogP contribution in [0.2, 0.25) is 0 Å². The minimum atomic E-state index is -2.67. The summed E-state index contributed by atoms with van der Waals surface area (Å²) in [6.07, 6.45) is 0. The first-order chi connectivity index (χ1) is 4.54. The number of hydrogen-bond acceptors (Lipinski definition) is 5. The van der Waals surface area contributed by atoms with E-state index in [1.807, 2.05) is 0 Å². The lowest BCUT2D eigenvalue weighted by atomic mass is 10.2. The molecule has 6 heteroatoms. The van der Waals surface area contributed by atoms with Gasteiger partial charge in [-0.15, -0.1) is 0 Å². The summed E-state index contributed by atoms with van der Waals surface area (Å²) in [5.41, 5.74) is 0. The van der Waals surface area contributed by atoms with E-state index in [9.17, 15) is 13.2 Å². The van der Waals surface area contributed by atoms with Crippen molar-refractivity contribution >= 4 is 16.5 Å². The zero-order chi connectivity index (χ0) is 8.15. The molecule has 5 nitrogen and oxygen atoms in total. The Morgan fingerprint density at radius 3 is 2.30 bits per heavy atom. The highest BCUT2D eigenvalue weighted by Crippen LogP contribution is 1.94. The summed E-state index contributed by atoms with van der Waals surface area (Å²) < 4.78 is 21.9. The van der Waals surface area contributed by atoms with Crippen molar-refractivity contribution in [3.05, 3.63) is 0 Å². The van der Waals surface area contributed by atoms with Crippen LogP contribution >= 0.6 is 0 Å². The Kier molecular flexibility index (Phi) is 3.63. The Labute approximate surface area is 59.7 Å². The third-order valence-electron chi connectivity index (χ3n) is 0.660. The van der Waals surface area contributed by atoms with E-state index < -0.39 is 16.5 Å². The van der Waals surface area contributed by atoms with E-state index in [-0.39, 0.29) is 5.92 Å². The average molecular weight is 165 g/mol. The van der Waals surface area contributed by atoms with Crippen molar-refractivity contribution in [3.8, 4) is 0 Å². The molecule has 0 amide bonds. The van der Waals surface area contributed by atoms with Crippen LogP contribution in [0.1, 0.15) is 13.8 Å². The van der Waals surface area contributed by atoms with Crippen LogP contribution in [0.5, 0.6) is 0 Å². The van der Waals surface area contributed by atoms with Crippen molar-refractivity contribution < 1.29 is 18.0 Å². The number of nitrogens with zero attached hydrogens (tertiary/aromatic N) is 1. The van der Waals surface area contributed by atoms with Crippen LogP contribution in [0.15, 0.2) is 4.53 Å². The minimum Gasteiger partial charge on any atom is -0.303 e. The third-order valence-corrected chi connectivity index (χ3v) is 0.856. The van der Waals surface area contributed by atoms with Crippen molar-refractivity contribution in [3.63, 3.8) is 0 Å². The average Bonchev–Trinajstić information content (AvgIpc) is 1.82. The van der Waals surface area contributed by atoms with Crippen LogP contribution in [0.4, 0.5) is 0 Å². The molecule has 0 fully saturated rings. The molecule has 0 rings (SSSR count). The van der Waals surface area contributed by atoms with Crippen molar-refractivity contribution in [2.24, 2.45) is 10.4 Å². The Morgan fingerprint density at radius 2 is 2.00 bits per heavy atom. The van der Waals surface area contributed by atoms with Gasteiger partial charge in [-0.25, -0.2) is 4.79 Å². The van der Waals surface area contributed by atoms with Crippen LogP contribution < -0.4 is 0 Å². The third kappa shape index (κ3) is 4.02. The standard InChI is InChI=1S/C4H7NO4S/c1-3(2)4(6)9-5-10(7)8/h3H,1-2H3. The van der Waals surface area contributed by atoms with Crippen molar-refractivity contribution in [2.75, 3.05) is 0 Å². The van der Waals surface area contributed by atoms with Crippen LogP contribution in [0.3, 0.4) is 0 Å².